The first kappa shape index (κ1) is 20.0. The van der Waals surface area contributed by atoms with Gasteiger partial charge in [-0.05, 0) is 69.6 Å². The standard InChI is InChI=1S/C20H21ClN4O3S/c21-14-1-2-16(25-29(27,28)20(13-23)9-10-20)15(11-14)17(26)24-19-6-3-18(12-22,4-7-19)5-8-19/h1-2,11,25H,3-10H2,(H,24,26). The summed E-state index contributed by atoms with van der Waals surface area (Å²) in [6.07, 6.45) is 4.99. The number of sulfonamides is 1. The van der Waals surface area contributed by atoms with Crippen molar-refractivity contribution in [2.45, 2.75) is 61.7 Å². The van der Waals surface area contributed by atoms with Crippen LogP contribution in [0, 0.1) is 28.1 Å². The van der Waals surface area contributed by atoms with E-state index in [2.05, 4.69) is 16.1 Å². The highest BCUT2D eigenvalue weighted by Crippen LogP contribution is 2.52. The Balaban J connectivity index is 1.58. The van der Waals surface area contributed by atoms with Crippen LogP contribution < -0.4 is 10.0 Å². The Morgan fingerprint density at radius 2 is 1.62 bits per heavy atom. The molecule has 7 nitrogen and oxygen atoms in total. The molecule has 1 aromatic carbocycles. The fourth-order valence-corrected chi connectivity index (χ4v) is 6.03. The lowest BCUT2D eigenvalue weighted by atomic mass is 9.58. The summed E-state index contributed by atoms with van der Waals surface area (Å²) in [5, 5.41) is 22.1. The van der Waals surface area contributed by atoms with E-state index in [1.807, 2.05) is 6.07 Å². The SMILES string of the molecule is N#CC12CCC(NC(=O)c3cc(Cl)ccc3NS(=O)(=O)C3(C#N)CC3)(CC1)CC2. The highest BCUT2D eigenvalue weighted by atomic mass is 35.5. The average molecular weight is 433 g/mol. The summed E-state index contributed by atoms with van der Waals surface area (Å²) in [5.41, 5.74) is -0.396. The lowest BCUT2D eigenvalue weighted by molar-refractivity contribution is 0.0522. The van der Waals surface area contributed by atoms with E-state index in [4.69, 9.17) is 11.6 Å². The Kier molecular flexibility index (Phi) is 4.56. The van der Waals surface area contributed by atoms with Crippen molar-refractivity contribution in [2.24, 2.45) is 5.41 Å². The van der Waals surface area contributed by atoms with Gasteiger partial charge in [-0.1, -0.05) is 11.6 Å². The zero-order valence-corrected chi connectivity index (χ0v) is 17.4. The van der Waals surface area contributed by atoms with Gasteiger partial charge in [0.2, 0.25) is 0 Å². The minimum atomic E-state index is -3.95. The number of nitrogens with one attached hydrogen (secondary N) is 2. The van der Waals surface area contributed by atoms with Crippen LogP contribution in [0.4, 0.5) is 5.69 Å². The van der Waals surface area contributed by atoms with Crippen LogP contribution in [-0.4, -0.2) is 24.6 Å². The molecule has 2 bridgehead atoms. The normalized spacial score (nSPS) is 29.3. The van der Waals surface area contributed by atoms with Gasteiger partial charge in [-0.15, -0.1) is 0 Å². The maximum absolute atomic E-state index is 13.1. The minimum Gasteiger partial charge on any atom is -0.347 e. The summed E-state index contributed by atoms with van der Waals surface area (Å²) < 4.78 is 26.3. The summed E-state index contributed by atoms with van der Waals surface area (Å²) in [7, 11) is -3.95. The summed E-state index contributed by atoms with van der Waals surface area (Å²) in [6, 6.07) is 8.69. The third kappa shape index (κ3) is 3.35. The van der Waals surface area contributed by atoms with Crippen molar-refractivity contribution >= 4 is 33.2 Å². The zero-order chi connectivity index (χ0) is 20.9. The van der Waals surface area contributed by atoms with E-state index in [1.54, 1.807) is 0 Å². The maximum Gasteiger partial charge on any atom is 0.253 e. The van der Waals surface area contributed by atoms with Crippen LogP contribution in [0.15, 0.2) is 18.2 Å². The van der Waals surface area contributed by atoms with E-state index in [0.29, 0.717) is 5.02 Å². The van der Waals surface area contributed by atoms with Gasteiger partial charge in [0.15, 0.2) is 4.75 Å². The molecule has 152 valence electrons. The van der Waals surface area contributed by atoms with Crippen LogP contribution in [0.25, 0.3) is 0 Å². The monoisotopic (exact) mass is 432 g/mol. The fourth-order valence-electron chi connectivity index (χ4n) is 4.44. The molecule has 2 N–H and O–H groups in total. The maximum atomic E-state index is 13.1. The van der Waals surface area contributed by atoms with Gasteiger partial charge in [0.1, 0.15) is 0 Å². The number of nitriles is 2. The molecule has 9 heteroatoms. The largest absolute Gasteiger partial charge is 0.347 e. The van der Waals surface area contributed by atoms with Gasteiger partial charge in [-0.2, -0.15) is 10.5 Å². The first-order valence-corrected chi connectivity index (χ1v) is 11.5. The van der Waals surface area contributed by atoms with Gasteiger partial charge in [0, 0.05) is 10.6 Å². The smallest absolute Gasteiger partial charge is 0.253 e. The average Bonchev–Trinajstić information content (AvgIpc) is 3.52. The summed E-state index contributed by atoms with van der Waals surface area (Å²) in [6.45, 7) is 0. The van der Waals surface area contributed by atoms with Crippen molar-refractivity contribution in [1.29, 1.82) is 10.5 Å². The Hall–Kier alpha value is -2.29. The number of hydrogen-bond acceptors (Lipinski definition) is 5. The van der Waals surface area contributed by atoms with E-state index in [0.717, 1.165) is 38.5 Å². The molecule has 0 radical (unpaired) electrons. The van der Waals surface area contributed by atoms with Crippen molar-refractivity contribution in [3.05, 3.63) is 28.8 Å². The number of carbonyl (C=O) groups is 1. The molecule has 0 saturated heterocycles. The predicted octanol–water partition coefficient (Wildman–Crippen LogP) is 3.48. The van der Waals surface area contributed by atoms with Gasteiger partial charge >= 0.3 is 0 Å². The predicted molar refractivity (Wildman–Crippen MR) is 108 cm³/mol. The third-order valence-corrected chi connectivity index (χ3v) is 9.01. The highest BCUT2D eigenvalue weighted by molar-refractivity contribution is 7.94. The molecule has 29 heavy (non-hydrogen) atoms. The van der Waals surface area contributed by atoms with Crippen LogP contribution in [0.2, 0.25) is 5.02 Å². The van der Waals surface area contributed by atoms with Crippen LogP contribution in [0.1, 0.15) is 61.7 Å². The minimum absolute atomic E-state index is 0.114. The summed E-state index contributed by atoms with van der Waals surface area (Å²) in [5.74, 6) is -0.404. The quantitative estimate of drug-likeness (QED) is 0.737. The molecule has 4 aliphatic carbocycles. The topological polar surface area (TPSA) is 123 Å². The Morgan fingerprint density at radius 1 is 1.00 bits per heavy atom. The van der Waals surface area contributed by atoms with E-state index in [-0.39, 0.29) is 35.0 Å². The molecule has 4 aliphatic rings. The second-order valence-electron chi connectivity index (χ2n) is 8.53. The molecule has 0 spiro atoms. The third-order valence-electron chi connectivity index (χ3n) is 6.76. The molecular weight excluding hydrogens is 412 g/mol. The van der Waals surface area contributed by atoms with Gasteiger partial charge in [0.25, 0.3) is 15.9 Å². The molecule has 1 aromatic rings. The van der Waals surface area contributed by atoms with Crippen LogP contribution in [0.5, 0.6) is 0 Å². The molecule has 0 heterocycles. The van der Waals surface area contributed by atoms with E-state index in [1.165, 1.54) is 18.2 Å². The molecule has 1 amide bonds. The molecule has 0 aromatic heterocycles. The Morgan fingerprint density at radius 3 is 2.14 bits per heavy atom. The molecule has 4 fully saturated rings. The fraction of sp³-hybridized carbons (Fsp3) is 0.550. The van der Waals surface area contributed by atoms with Crippen LogP contribution in [0.3, 0.4) is 0 Å². The molecule has 4 saturated carbocycles. The van der Waals surface area contributed by atoms with Gasteiger partial charge in [-0.25, -0.2) is 8.42 Å². The van der Waals surface area contributed by atoms with Crippen molar-refractivity contribution in [3.8, 4) is 12.1 Å². The first-order chi connectivity index (χ1) is 13.7. The van der Waals surface area contributed by atoms with Crippen LogP contribution in [-0.2, 0) is 10.0 Å². The van der Waals surface area contributed by atoms with E-state index < -0.39 is 20.7 Å². The second-order valence-corrected chi connectivity index (χ2v) is 11.0. The number of carbonyl (C=O) groups excluding carboxylic acids is 1. The van der Waals surface area contributed by atoms with E-state index in [9.17, 15) is 23.7 Å². The number of fused-ring (bicyclic) bond motifs is 3. The van der Waals surface area contributed by atoms with Crippen molar-refractivity contribution in [2.75, 3.05) is 4.72 Å². The van der Waals surface area contributed by atoms with Gasteiger partial charge in [-0.3, -0.25) is 9.52 Å². The van der Waals surface area contributed by atoms with Gasteiger partial charge < -0.3 is 5.32 Å². The number of nitrogens with zero attached hydrogens (tertiary/aromatic N) is 2. The number of anilines is 1. The zero-order valence-electron chi connectivity index (χ0n) is 15.8. The lowest BCUT2D eigenvalue weighted by Crippen LogP contribution is -2.56. The van der Waals surface area contributed by atoms with Crippen molar-refractivity contribution in [3.63, 3.8) is 0 Å². The van der Waals surface area contributed by atoms with Crippen molar-refractivity contribution in [1.82, 2.24) is 5.32 Å². The first-order valence-electron chi connectivity index (χ1n) is 9.65. The molecule has 0 atom stereocenters. The number of rotatable bonds is 5. The number of amides is 1. The second kappa shape index (κ2) is 6.62. The molecule has 0 aliphatic heterocycles. The lowest BCUT2D eigenvalue weighted by Gasteiger charge is -2.50. The number of halogens is 1. The highest BCUT2D eigenvalue weighted by Gasteiger charge is 2.56. The van der Waals surface area contributed by atoms with Crippen LogP contribution >= 0.6 is 11.6 Å². The molecular formula is C20H21ClN4O3S. The number of hydrogen-bond donors (Lipinski definition) is 2. The Labute approximate surface area is 175 Å². The van der Waals surface area contributed by atoms with Gasteiger partial charge in [0.05, 0.1) is 28.8 Å². The number of benzene rings is 1. The summed E-state index contributed by atoms with van der Waals surface area (Å²) in [4.78, 5) is 13.1. The molecule has 5 rings (SSSR count). The Bertz CT molecular complexity index is 1040. The van der Waals surface area contributed by atoms with Crippen molar-refractivity contribution < 1.29 is 13.2 Å². The molecule has 0 unspecified atom stereocenters. The van der Waals surface area contributed by atoms with E-state index >= 15 is 0 Å². The summed E-state index contributed by atoms with van der Waals surface area (Å²) >= 11 is 6.07.